The van der Waals surface area contributed by atoms with Crippen molar-refractivity contribution in [2.24, 2.45) is 11.8 Å². The highest BCUT2D eigenvalue weighted by Gasteiger charge is 2.41. The van der Waals surface area contributed by atoms with E-state index in [0.29, 0.717) is 25.7 Å². The minimum atomic E-state index is -1.38. The van der Waals surface area contributed by atoms with Crippen molar-refractivity contribution in [3.8, 4) is 11.8 Å². The Morgan fingerprint density at radius 1 is 1.07 bits per heavy atom. The molecule has 0 aromatic carbocycles. The molecule has 0 saturated carbocycles. The first-order valence-corrected chi connectivity index (χ1v) is 14.3. The lowest BCUT2D eigenvalue weighted by atomic mass is 9.97. The standard InChI is InChI=1S/C23H45NO3Si/c1-19(2)12-10-14-21(23(5,6)28(7,8)9)27-17-16-26-18-22(25)24-15-11-13-20(3)4/h19-21H,10,12,14-18H2,1-9H3,(H,24,25). The molecular formula is C23H45NO3Si. The average Bonchev–Trinajstić information content (AvgIpc) is 2.55. The largest absolute Gasteiger partial charge is 0.376 e. The van der Waals surface area contributed by atoms with Gasteiger partial charge >= 0.3 is 0 Å². The summed E-state index contributed by atoms with van der Waals surface area (Å²) >= 11 is 0. The number of carbonyl (C=O) groups is 1. The summed E-state index contributed by atoms with van der Waals surface area (Å²) in [5.74, 6) is 6.86. The molecule has 0 aliphatic heterocycles. The van der Waals surface area contributed by atoms with Crippen LogP contribution in [0.15, 0.2) is 0 Å². The van der Waals surface area contributed by atoms with E-state index in [-0.39, 0.29) is 23.7 Å². The fourth-order valence-electron chi connectivity index (χ4n) is 2.71. The van der Waals surface area contributed by atoms with Gasteiger partial charge in [-0.05, 0) is 17.4 Å². The molecule has 0 aliphatic rings. The topological polar surface area (TPSA) is 47.6 Å². The molecule has 1 atom stereocenters. The van der Waals surface area contributed by atoms with Gasteiger partial charge in [0.1, 0.15) is 6.61 Å². The van der Waals surface area contributed by atoms with Crippen LogP contribution >= 0.6 is 0 Å². The van der Waals surface area contributed by atoms with Gasteiger partial charge in [0.25, 0.3) is 0 Å². The summed E-state index contributed by atoms with van der Waals surface area (Å²) in [6, 6.07) is 0. The molecule has 5 heteroatoms. The minimum absolute atomic E-state index is 0.0577. The highest BCUT2D eigenvalue weighted by molar-refractivity contribution is 6.79. The molecule has 164 valence electrons. The summed E-state index contributed by atoms with van der Waals surface area (Å²) in [7, 11) is -1.38. The van der Waals surface area contributed by atoms with Gasteiger partial charge in [-0.3, -0.25) is 4.79 Å². The quantitative estimate of drug-likeness (QED) is 0.260. The van der Waals surface area contributed by atoms with E-state index in [9.17, 15) is 4.79 Å². The molecular weight excluding hydrogens is 366 g/mol. The third-order valence-corrected chi connectivity index (χ3v) is 9.72. The van der Waals surface area contributed by atoms with Crippen LogP contribution < -0.4 is 5.32 Å². The zero-order chi connectivity index (χ0) is 21.8. The van der Waals surface area contributed by atoms with Crippen molar-refractivity contribution in [1.29, 1.82) is 0 Å². The molecule has 0 aromatic heterocycles. The van der Waals surface area contributed by atoms with Gasteiger partial charge < -0.3 is 14.8 Å². The molecule has 28 heavy (non-hydrogen) atoms. The first-order chi connectivity index (χ1) is 12.9. The highest BCUT2D eigenvalue weighted by Crippen LogP contribution is 2.43. The SMILES string of the molecule is CC(C)C#CCNC(=O)COCCOC(CCCC(C)C)C(C)(C)[Si](C)(C)C. The maximum atomic E-state index is 11.7. The molecule has 0 fully saturated rings. The highest BCUT2D eigenvalue weighted by atomic mass is 28.3. The number of ether oxygens (including phenoxy) is 2. The zero-order valence-corrected chi connectivity index (χ0v) is 20.9. The first kappa shape index (κ1) is 27.2. The first-order valence-electron chi connectivity index (χ1n) is 10.8. The lowest BCUT2D eigenvalue weighted by Crippen LogP contribution is -2.45. The van der Waals surface area contributed by atoms with Crippen LogP contribution in [-0.4, -0.2) is 46.5 Å². The third kappa shape index (κ3) is 11.9. The van der Waals surface area contributed by atoms with Gasteiger partial charge in [-0.1, -0.05) is 85.9 Å². The number of amides is 1. The minimum Gasteiger partial charge on any atom is -0.376 e. The molecule has 0 heterocycles. The van der Waals surface area contributed by atoms with E-state index in [0.717, 1.165) is 12.3 Å². The fraction of sp³-hybridized carbons (Fsp3) is 0.870. The average molecular weight is 412 g/mol. The van der Waals surface area contributed by atoms with Gasteiger partial charge in [-0.25, -0.2) is 0 Å². The summed E-state index contributed by atoms with van der Waals surface area (Å²) < 4.78 is 11.8. The zero-order valence-electron chi connectivity index (χ0n) is 19.9. The lowest BCUT2D eigenvalue weighted by Gasteiger charge is -2.43. The number of nitrogens with one attached hydrogen (secondary N) is 1. The van der Waals surface area contributed by atoms with Crippen LogP contribution in [0.1, 0.15) is 60.8 Å². The van der Waals surface area contributed by atoms with Crippen molar-refractivity contribution in [3.63, 3.8) is 0 Å². The van der Waals surface area contributed by atoms with Crippen LogP contribution in [0.4, 0.5) is 0 Å². The Morgan fingerprint density at radius 2 is 1.71 bits per heavy atom. The van der Waals surface area contributed by atoms with E-state index < -0.39 is 8.07 Å². The van der Waals surface area contributed by atoms with E-state index in [1.54, 1.807) is 0 Å². The smallest absolute Gasteiger partial charge is 0.246 e. The van der Waals surface area contributed by atoms with Crippen molar-refractivity contribution >= 4 is 14.0 Å². The van der Waals surface area contributed by atoms with E-state index in [1.807, 2.05) is 13.8 Å². The Kier molecular flexibility index (Phi) is 13.0. The van der Waals surface area contributed by atoms with Crippen LogP contribution in [0.5, 0.6) is 0 Å². The Bertz CT molecular complexity index is 498. The lowest BCUT2D eigenvalue weighted by molar-refractivity contribution is -0.126. The van der Waals surface area contributed by atoms with E-state index in [1.165, 1.54) is 12.8 Å². The molecule has 0 rings (SSSR count). The monoisotopic (exact) mass is 411 g/mol. The van der Waals surface area contributed by atoms with Gasteiger partial charge in [0, 0.05) is 5.92 Å². The molecule has 0 radical (unpaired) electrons. The van der Waals surface area contributed by atoms with Gasteiger partial charge in [0.15, 0.2) is 0 Å². The summed E-state index contributed by atoms with van der Waals surface area (Å²) in [6.45, 7) is 21.9. The molecule has 1 amide bonds. The Labute approximate surface area is 175 Å². The van der Waals surface area contributed by atoms with Crippen molar-refractivity contribution in [2.45, 2.75) is 91.6 Å². The number of carbonyl (C=O) groups excluding carboxylic acids is 1. The second kappa shape index (κ2) is 13.4. The van der Waals surface area contributed by atoms with Crippen molar-refractivity contribution in [1.82, 2.24) is 5.32 Å². The fourth-order valence-corrected chi connectivity index (χ4v) is 3.90. The van der Waals surface area contributed by atoms with Crippen LogP contribution in [0.3, 0.4) is 0 Å². The number of rotatable bonds is 13. The van der Waals surface area contributed by atoms with Crippen LogP contribution in [-0.2, 0) is 14.3 Å². The predicted molar refractivity (Wildman–Crippen MR) is 122 cm³/mol. The third-order valence-electron chi connectivity index (χ3n) is 5.53. The number of hydrogen-bond acceptors (Lipinski definition) is 3. The van der Waals surface area contributed by atoms with Gasteiger partial charge in [-0.2, -0.15) is 0 Å². The van der Waals surface area contributed by atoms with E-state index >= 15 is 0 Å². The molecule has 0 spiro atoms. The van der Waals surface area contributed by atoms with E-state index in [2.05, 4.69) is 64.5 Å². The maximum Gasteiger partial charge on any atom is 0.246 e. The summed E-state index contributed by atoms with van der Waals surface area (Å²) in [4.78, 5) is 11.7. The van der Waals surface area contributed by atoms with Gasteiger partial charge in [0.05, 0.1) is 33.9 Å². The molecule has 0 bridgehead atoms. The predicted octanol–water partition coefficient (Wildman–Crippen LogP) is 5.11. The van der Waals surface area contributed by atoms with Crippen LogP contribution in [0, 0.1) is 23.7 Å². The molecule has 0 aromatic rings. The molecule has 0 saturated heterocycles. The Balaban J connectivity index is 4.33. The van der Waals surface area contributed by atoms with E-state index in [4.69, 9.17) is 9.47 Å². The van der Waals surface area contributed by atoms with Crippen molar-refractivity contribution in [3.05, 3.63) is 0 Å². The molecule has 0 aliphatic carbocycles. The summed E-state index contributed by atoms with van der Waals surface area (Å²) in [5, 5.41) is 2.94. The summed E-state index contributed by atoms with van der Waals surface area (Å²) in [6.07, 6.45) is 3.75. The van der Waals surface area contributed by atoms with Gasteiger partial charge in [0.2, 0.25) is 5.91 Å². The second-order valence-corrected chi connectivity index (χ2v) is 15.7. The maximum absolute atomic E-state index is 11.7. The van der Waals surface area contributed by atoms with Crippen LogP contribution in [0.2, 0.25) is 24.7 Å². The second-order valence-electron chi connectivity index (χ2n) is 9.96. The molecule has 1 unspecified atom stereocenters. The van der Waals surface area contributed by atoms with Crippen LogP contribution in [0.25, 0.3) is 0 Å². The van der Waals surface area contributed by atoms with Crippen molar-refractivity contribution < 1.29 is 14.3 Å². The Hall–Kier alpha value is -0.833. The number of hydrogen-bond donors (Lipinski definition) is 1. The van der Waals surface area contributed by atoms with Crippen molar-refractivity contribution in [2.75, 3.05) is 26.4 Å². The molecule has 4 nitrogen and oxygen atoms in total. The Morgan fingerprint density at radius 3 is 2.25 bits per heavy atom. The van der Waals surface area contributed by atoms with Gasteiger partial charge in [-0.15, -0.1) is 0 Å². The molecule has 1 N–H and O–H groups in total. The normalized spacial score (nSPS) is 13.4. The summed E-state index contributed by atoms with van der Waals surface area (Å²) in [5.41, 5.74) is 0.